The Labute approximate surface area is 252 Å². The van der Waals surface area contributed by atoms with Crippen LogP contribution in [-0.4, -0.2) is 58.6 Å². The third-order valence-corrected chi connectivity index (χ3v) is 8.22. The molecule has 2 heterocycles. The van der Waals surface area contributed by atoms with Crippen molar-refractivity contribution in [3.63, 3.8) is 0 Å². The second-order valence-electron chi connectivity index (χ2n) is 10.9. The highest BCUT2D eigenvalue weighted by atomic mass is 31.2. The van der Waals surface area contributed by atoms with Crippen molar-refractivity contribution < 1.29 is 42.5 Å². The van der Waals surface area contributed by atoms with E-state index in [1.165, 1.54) is 27.7 Å². The summed E-state index contributed by atoms with van der Waals surface area (Å²) in [7, 11) is -4.14. The molecule has 232 valence electrons. The maximum absolute atomic E-state index is 14.0. The summed E-state index contributed by atoms with van der Waals surface area (Å²) >= 11 is 0. The zero-order valence-corrected chi connectivity index (χ0v) is 25.6. The first-order valence-corrected chi connectivity index (χ1v) is 15.6. The molecular formula is C31H39N2O9P. The lowest BCUT2D eigenvalue weighted by molar-refractivity contribution is -0.224. The molecule has 1 saturated heterocycles. The third-order valence-electron chi connectivity index (χ3n) is 6.58. The van der Waals surface area contributed by atoms with Crippen molar-refractivity contribution in [2.75, 3.05) is 6.61 Å². The molecule has 4 rings (SSSR count). The van der Waals surface area contributed by atoms with Gasteiger partial charge in [0.1, 0.15) is 24.5 Å². The Hall–Kier alpha value is -3.31. The van der Waals surface area contributed by atoms with Gasteiger partial charge in [0.25, 0.3) is 0 Å². The van der Waals surface area contributed by atoms with Gasteiger partial charge in [0.2, 0.25) is 0 Å². The Balaban J connectivity index is 1.46. The lowest BCUT2D eigenvalue weighted by Crippen LogP contribution is -2.42. The van der Waals surface area contributed by atoms with Crippen LogP contribution in [0.5, 0.6) is 5.75 Å². The van der Waals surface area contributed by atoms with E-state index in [9.17, 15) is 19.3 Å². The number of carbonyl (C=O) groups is 2. The topological polar surface area (TPSA) is 133 Å². The summed E-state index contributed by atoms with van der Waals surface area (Å²) in [6.07, 6.45) is 4.17. The van der Waals surface area contributed by atoms with Crippen LogP contribution in [0.4, 0.5) is 0 Å². The molecule has 2 aromatic rings. The second kappa shape index (κ2) is 14.4. The SMILES string of the molecule is CC(=O)C1=CN([C@@H]2OC(COP(=O)(NC(C)C(=O)OCc3ccccc3)Oc3ccccc3)CC2OC(C)(C)O)C=CC1. The van der Waals surface area contributed by atoms with Gasteiger partial charge in [0.15, 0.2) is 17.8 Å². The summed E-state index contributed by atoms with van der Waals surface area (Å²) in [5.74, 6) is -1.88. The minimum atomic E-state index is -4.14. The number of ketones is 1. The number of Topliss-reactive ketones (excluding diaryl/α,β-unsaturated/α-hetero) is 1. The fourth-order valence-electron chi connectivity index (χ4n) is 4.57. The number of para-hydroxylation sites is 1. The van der Waals surface area contributed by atoms with E-state index < -0.39 is 44.0 Å². The van der Waals surface area contributed by atoms with E-state index in [1.807, 2.05) is 36.4 Å². The molecule has 0 saturated carbocycles. The molecule has 0 radical (unpaired) electrons. The lowest BCUT2D eigenvalue weighted by atomic mass is 10.1. The molecule has 1 fully saturated rings. The highest BCUT2D eigenvalue weighted by Crippen LogP contribution is 2.46. The van der Waals surface area contributed by atoms with Gasteiger partial charge in [-0.15, -0.1) is 0 Å². The lowest BCUT2D eigenvalue weighted by Gasteiger charge is -2.33. The van der Waals surface area contributed by atoms with Gasteiger partial charge in [-0.25, -0.2) is 4.57 Å². The van der Waals surface area contributed by atoms with E-state index in [0.717, 1.165) is 5.56 Å². The molecule has 0 aliphatic carbocycles. The fraction of sp³-hybridized carbons (Fsp3) is 0.419. The van der Waals surface area contributed by atoms with Crippen molar-refractivity contribution in [3.8, 4) is 5.75 Å². The van der Waals surface area contributed by atoms with E-state index in [2.05, 4.69) is 5.09 Å². The molecule has 5 atom stereocenters. The molecule has 2 aliphatic heterocycles. The number of carbonyl (C=O) groups excluding carboxylic acids is 2. The average molecular weight is 615 g/mol. The molecule has 0 spiro atoms. The van der Waals surface area contributed by atoms with Gasteiger partial charge in [-0.2, -0.15) is 5.09 Å². The molecular weight excluding hydrogens is 575 g/mol. The third kappa shape index (κ3) is 9.86. The normalized spacial score (nSPS) is 22.4. The van der Waals surface area contributed by atoms with Gasteiger partial charge in [-0.3, -0.25) is 14.1 Å². The van der Waals surface area contributed by atoms with Crippen molar-refractivity contribution in [1.29, 1.82) is 0 Å². The van der Waals surface area contributed by atoms with Crippen LogP contribution < -0.4 is 9.61 Å². The highest BCUT2D eigenvalue weighted by Gasteiger charge is 2.43. The number of aliphatic hydroxyl groups is 1. The van der Waals surface area contributed by atoms with E-state index in [4.69, 9.17) is 23.3 Å². The summed E-state index contributed by atoms with van der Waals surface area (Å²) < 4.78 is 43.1. The predicted octanol–water partition coefficient (Wildman–Crippen LogP) is 4.83. The molecule has 11 nitrogen and oxygen atoms in total. The highest BCUT2D eigenvalue weighted by molar-refractivity contribution is 7.52. The quantitative estimate of drug-likeness (QED) is 0.172. The van der Waals surface area contributed by atoms with Gasteiger partial charge < -0.3 is 28.7 Å². The Bertz CT molecular complexity index is 1340. The van der Waals surface area contributed by atoms with E-state index in [0.29, 0.717) is 12.0 Å². The van der Waals surface area contributed by atoms with Gasteiger partial charge in [0.05, 0.1) is 12.7 Å². The Morgan fingerprint density at radius 3 is 2.47 bits per heavy atom. The molecule has 12 heteroatoms. The molecule has 2 N–H and O–H groups in total. The predicted molar refractivity (Wildman–Crippen MR) is 158 cm³/mol. The number of rotatable bonds is 14. The van der Waals surface area contributed by atoms with Crippen molar-refractivity contribution in [2.24, 2.45) is 0 Å². The first-order chi connectivity index (χ1) is 20.4. The van der Waals surface area contributed by atoms with Crippen LogP contribution in [0, 0.1) is 0 Å². The molecule has 43 heavy (non-hydrogen) atoms. The fourth-order valence-corrected chi connectivity index (χ4v) is 6.09. The van der Waals surface area contributed by atoms with Crippen molar-refractivity contribution in [2.45, 2.75) is 77.4 Å². The van der Waals surface area contributed by atoms with Gasteiger partial charge in [-0.1, -0.05) is 54.6 Å². The largest absolute Gasteiger partial charge is 0.460 e. The molecule has 0 amide bonds. The Morgan fingerprint density at radius 2 is 1.81 bits per heavy atom. The van der Waals surface area contributed by atoms with Crippen LogP contribution >= 0.6 is 7.75 Å². The maximum atomic E-state index is 14.0. The molecule has 0 bridgehead atoms. The minimum absolute atomic E-state index is 0.0566. The number of allylic oxidation sites excluding steroid dienone is 2. The Morgan fingerprint density at radius 1 is 1.14 bits per heavy atom. The molecule has 2 aromatic carbocycles. The number of nitrogens with one attached hydrogen (secondary N) is 1. The van der Waals surface area contributed by atoms with E-state index >= 15 is 0 Å². The Kier molecular flexibility index (Phi) is 10.9. The zero-order chi connectivity index (χ0) is 31.0. The molecule has 0 aromatic heterocycles. The van der Waals surface area contributed by atoms with Crippen molar-refractivity contribution >= 4 is 19.5 Å². The van der Waals surface area contributed by atoms with Crippen molar-refractivity contribution in [3.05, 3.63) is 90.3 Å². The van der Waals surface area contributed by atoms with Gasteiger partial charge in [0, 0.05) is 24.4 Å². The monoisotopic (exact) mass is 614 g/mol. The summed E-state index contributed by atoms with van der Waals surface area (Å²) in [6.45, 7) is 5.90. The minimum Gasteiger partial charge on any atom is -0.460 e. The average Bonchev–Trinajstić information content (AvgIpc) is 3.37. The van der Waals surface area contributed by atoms with Crippen LogP contribution in [-0.2, 0) is 39.5 Å². The first kappa shape index (κ1) is 32.6. The molecule has 4 unspecified atom stereocenters. The summed E-state index contributed by atoms with van der Waals surface area (Å²) in [6, 6.07) is 16.6. The smallest absolute Gasteiger partial charge is 0.459 e. The zero-order valence-electron chi connectivity index (χ0n) is 24.8. The standard InChI is InChI=1S/C31H39N2O9P/c1-22(30(35)38-20-24-12-7-5-8-13-24)32-43(37,42-26-15-9-6-10-16-26)39-21-27-18-28(41-31(3,4)36)29(40-27)33-17-11-14-25(19-33)23(2)34/h5-13,15-17,19,22,27-29,36H,14,18,20-21H2,1-4H3,(H,32,37)/t22?,27?,28?,29-,43?/m1/s1. The van der Waals surface area contributed by atoms with Gasteiger partial charge in [-0.05, 0) is 51.8 Å². The van der Waals surface area contributed by atoms with Crippen LogP contribution in [0.15, 0.2) is 84.7 Å². The number of hydrogen-bond acceptors (Lipinski definition) is 10. The first-order valence-electron chi connectivity index (χ1n) is 14.1. The van der Waals surface area contributed by atoms with Crippen LogP contribution in [0.2, 0.25) is 0 Å². The van der Waals surface area contributed by atoms with Crippen molar-refractivity contribution in [1.82, 2.24) is 9.99 Å². The van der Waals surface area contributed by atoms with Crippen LogP contribution in [0.25, 0.3) is 0 Å². The second-order valence-corrected chi connectivity index (χ2v) is 12.6. The summed E-state index contributed by atoms with van der Waals surface area (Å²) in [5.41, 5.74) is 1.42. The molecule has 2 aliphatic rings. The summed E-state index contributed by atoms with van der Waals surface area (Å²) in [5, 5.41) is 13.1. The maximum Gasteiger partial charge on any atom is 0.459 e. The number of hydrogen-bond donors (Lipinski definition) is 2. The number of nitrogens with zero attached hydrogens (tertiary/aromatic N) is 1. The number of ether oxygens (including phenoxy) is 3. The van der Waals surface area contributed by atoms with E-state index in [-0.39, 0.29) is 31.2 Å². The van der Waals surface area contributed by atoms with E-state index in [1.54, 1.807) is 47.6 Å². The number of esters is 1. The number of benzene rings is 2. The van der Waals surface area contributed by atoms with Gasteiger partial charge >= 0.3 is 13.7 Å². The van der Waals surface area contributed by atoms with Crippen LogP contribution in [0.1, 0.15) is 46.1 Å². The summed E-state index contributed by atoms with van der Waals surface area (Å²) in [4.78, 5) is 26.5. The van der Waals surface area contributed by atoms with Crippen LogP contribution in [0.3, 0.4) is 0 Å².